The van der Waals surface area contributed by atoms with Crippen LogP contribution in [0.25, 0.3) is 0 Å². The fourth-order valence-corrected chi connectivity index (χ4v) is 5.05. The molecule has 38 heavy (non-hydrogen) atoms. The van der Waals surface area contributed by atoms with Gasteiger partial charge in [-0.1, -0.05) is 63.1 Å². The zero-order chi connectivity index (χ0) is 27.9. The average molecular weight is 514 g/mol. The molecule has 0 N–H and O–H groups in total. The second-order valence-corrected chi connectivity index (χ2v) is 10.0. The Labute approximate surface area is 234 Å². The highest BCUT2D eigenvalue weighted by molar-refractivity contribution is 5.61. The van der Waals surface area contributed by atoms with E-state index >= 15 is 0 Å². The van der Waals surface area contributed by atoms with Gasteiger partial charge in [-0.25, -0.2) is 0 Å². The van der Waals surface area contributed by atoms with E-state index in [2.05, 4.69) is 97.0 Å². The molecular weight excluding hydrogens is 462 g/mol. The molecule has 1 fully saturated rings. The van der Waals surface area contributed by atoms with Gasteiger partial charge in [0.15, 0.2) is 0 Å². The van der Waals surface area contributed by atoms with Gasteiger partial charge < -0.3 is 9.80 Å². The van der Waals surface area contributed by atoms with Gasteiger partial charge in [-0.2, -0.15) is 0 Å². The van der Waals surface area contributed by atoms with Gasteiger partial charge in [0.05, 0.1) is 5.70 Å². The van der Waals surface area contributed by atoms with Crippen LogP contribution in [-0.2, 0) is 12.8 Å². The molecule has 1 aliphatic rings. The van der Waals surface area contributed by atoms with Gasteiger partial charge in [0.25, 0.3) is 0 Å². The standard InChI is InChI=1S/C33H45N3.C2H6/c1-7-9-17-31-20-19-30(26-33(31)34(6)28(4)14-8-2)16-11-10-12-21-35-22-24-36(25-23-35)32-18-13-15-27(3)29(32)5;1-2/h7,13,15,18-20,26H,1,4,9-12,16-17,21-25H2,2-3,5-6H3;1-2H3. The predicted molar refractivity (Wildman–Crippen MR) is 169 cm³/mol. The van der Waals surface area contributed by atoms with Crippen LogP contribution >= 0.6 is 0 Å². The van der Waals surface area contributed by atoms with Crippen molar-refractivity contribution in [3.05, 3.63) is 83.6 Å². The molecule has 0 spiro atoms. The summed E-state index contributed by atoms with van der Waals surface area (Å²) in [5, 5.41) is 0. The van der Waals surface area contributed by atoms with Crippen molar-refractivity contribution in [2.45, 2.75) is 73.1 Å². The highest BCUT2D eigenvalue weighted by Gasteiger charge is 2.18. The zero-order valence-corrected chi connectivity index (χ0v) is 25.1. The summed E-state index contributed by atoms with van der Waals surface area (Å²) in [7, 11) is 2.07. The Kier molecular flexibility index (Phi) is 13.8. The van der Waals surface area contributed by atoms with Crippen molar-refractivity contribution in [2.75, 3.05) is 49.6 Å². The van der Waals surface area contributed by atoms with E-state index < -0.39 is 0 Å². The highest BCUT2D eigenvalue weighted by atomic mass is 15.3. The zero-order valence-electron chi connectivity index (χ0n) is 25.1. The number of unbranched alkanes of at least 4 members (excludes halogenated alkanes) is 2. The van der Waals surface area contributed by atoms with Gasteiger partial charge >= 0.3 is 0 Å². The SMILES string of the molecule is C=CCCc1ccc(CCCCCN2CCN(c3cccc(C)c3C)CC2)cc1N(C)C(=C)C#CC.CC. The summed E-state index contributed by atoms with van der Waals surface area (Å²) in [6.07, 6.45) is 8.85. The van der Waals surface area contributed by atoms with Crippen LogP contribution in [0.4, 0.5) is 11.4 Å². The molecule has 0 radical (unpaired) electrons. The first-order valence-electron chi connectivity index (χ1n) is 14.6. The van der Waals surface area contributed by atoms with Crippen molar-refractivity contribution in [3.63, 3.8) is 0 Å². The van der Waals surface area contributed by atoms with Crippen LogP contribution in [-0.4, -0.2) is 44.7 Å². The summed E-state index contributed by atoms with van der Waals surface area (Å²) in [6, 6.07) is 13.6. The molecule has 3 rings (SSSR count). The van der Waals surface area contributed by atoms with E-state index in [0.717, 1.165) is 38.0 Å². The number of anilines is 2. The van der Waals surface area contributed by atoms with Crippen LogP contribution in [0.5, 0.6) is 0 Å². The minimum absolute atomic E-state index is 0.840. The van der Waals surface area contributed by atoms with E-state index in [0.29, 0.717) is 0 Å². The molecule has 1 aliphatic heterocycles. The van der Waals surface area contributed by atoms with Crippen LogP contribution in [0.2, 0.25) is 0 Å². The number of hydrogen-bond acceptors (Lipinski definition) is 3. The number of nitrogens with zero attached hydrogens (tertiary/aromatic N) is 3. The third-order valence-electron chi connectivity index (χ3n) is 7.53. The van der Waals surface area contributed by atoms with E-state index in [1.807, 2.05) is 26.8 Å². The molecule has 3 heteroatoms. The largest absolute Gasteiger partial charge is 0.369 e. The lowest BCUT2D eigenvalue weighted by Crippen LogP contribution is -2.46. The van der Waals surface area contributed by atoms with Gasteiger partial charge in [-0.15, -0.1) is 6.58 Å². The number of piperazine rings is 1. The molecule has 206 valence electrons. The molecule has 0 aliphatic carbocycles. The summed E-state index contributed by atoms with van der Waals surface area (Å²) in [5.74, 6) is 6.08. The molecule has 0 unspecified atom stereocenters. The Hall–Kier alpha value is -2.96. The number of allylic oxidation sites excluding steroid dienone is 2. The summed E-state index contributed by atoms with van der Waals surface area (Å²) in [5.41, 5.74) is 9.03. The molecule has 0 amide bonds. The minimum atomic E-state index is 0.840. The smallest absolute Gasteiger partial charge is 0.0848 e. The first-order valence-corrected chi connectivity index (χ1v) is 14.6. The molecule has 1 heterocycles. The van der Waals surface area contributed by atoms with Crippen molar-refractivity contribution in [1.29, 1.82) is 0 Å². The number of hydrogen-bond donors (Lipinski definition) is 0. The fraction of sp³-hybridized carbons (Fsp3) is 0.486. The second-order valence-electron chi connectivity index (χ2n) is 10.0. The molecule has 2 aromatic rings. The topological polar surface area (TPSA) is 9.72 Å². The van der Waals surface area contributed by atoms with E-state index in [9.17, 15) is 0 Å². The lowest BCUT2D eigenvalue weighted by atomic mass is 10.00. The van der Waals surface area contributed by atoms with Crippen molar-refractivity contribution in [2.24, 2.45) is 0 Å². The number of benzene rings is 2. The average Bonchev–Trinajstić information content (AvgIpc) is 2.94. The molecule has 0 saturated carbocycles. The maximum atomic E-state index is 4.16. The Morgan fingerprint density at radius 3 is 2.42 bits per heavy atom. The highest BCUT2D eigenvalue weighted by Crippen LogP contribution is 2.27. The van der Waals surface area contributed by atoms with E-state index in [1.165, 1.54) is 72.5 Å². The third kappa shape index (κ3) is 9.10. The van der Waals surface area contributed by atoms with E-state index in [4.69, 9.17) is 0 Å². The van der Waals surface area contributed by atoms with Gasteiger partial charge in [0.2, 0.25) is 0 Å². The molecule has 1 saturated heterocycles. The van der Waals surface area contributed by atoms with Crippen LogP contribution in [0.15, 0.2) is 61.3 Å². The summed E-state index contributed by atoms with van der Waals surface area (Å²) in [6.45, 7) is 24.2. The Morgan fingerprint density at radius 2 is 1.74 bits per heavy atom. The van der Waals surface area contributed by atoms with Gasteiger partial charge in [0.1, 0.15) is 0 Å². The summed E-state index contributed by atoms with van der Waals surface area (Å²) < 4.78 is 0. The van der Waals surface area contributed by atoms with Crippen LogP contribution in [0, 0.1) is 25.7 Å². The fourth-order valence-electron chi connectivity index (χ4n) is 5.05. The lowest BCUT2D eigenvalue weighted by Gasteiger charge is -2.37. The Morgan fingerprint density at radius 1 is 1.00 bits per heavy atom. The predicted octanol–water partition coefficient (Wildman–Crippen LogP) is 7.96. The van der Waals surface area contributed by atoms with E-state index in [1.54, 1.807) is 0 Å². The maximum Gasteiger partial charge on any atom is 0.0848 e. The first-order chi connectivity index (χ1) is 18.4. The Balaban J connectivity index is 0.00000247. The monoisotopic (exact) mass is 513 g/mol. The maximum absolute atomic E-state index is 4.16. The quantitative estimate of drug-likeness (QED) is 0.162. The second kappa shape index (κ2) is 16.8. The molecule has 0 atom stereocenters. The van der Waals surface area contributed by atoms with Crippen molar-refractivity contribution in [1.82, 2.24) is 4.90 Å². The summed E-state index contributed by atoms with van der Waals surface area (Å²) in [4.78, 5) is 7.34. The summed E-state index contributed by atoms with van der Waals surface area (Å²) >= 11 is 0. The molecule has 0 bridgehead atoms. The van der Waals surface area contributed by atoms with Crippen molar-refractivity contribution >= 4 is 11.4 Å². The Bertz CT molecular complexity index is 1080. The third-order valence-corrected chi connectivity index (χ3v) is 7.53. The molecule has 0 aromatic heterocycles. The van der Waals surface area contributed by atoms with E-state index in [-0.39, 0.29) is 0 Å². The van der Waals surface area contributed by atoms with Gasteiger partial charge in [-0.3, -0.25) is 4.90 Å². The van der Waals surface area contributed by atoms with Crippen molar-refractivity contribution < 1.29 is 0 Å². The van der Waals surface area contributed by atoms with Gasteiger partial charge in [-0.05, 0) is 99.7 Å². The van der Waals surface area contributed by atoms with Crippen LogP contribution in [0.1, 0.15) is 68.7 Å². The minimum Gasteiger partial charge on any atom is -0.369 e. The normalized spacial score (nSPS) is 13.2. The first kappa shape index (κ1) is 31.3. The molecule has 3 nitrogen and oxygen atoms in total. The van der Waals surface area contributed by atoms with Gasteiger partial charge in [0, 0.05) is 44.6 Å². The van der Waals surface area contributed by atoms with Crippen LogP contribution in [0.3, 0.4) is 0 Å². The van der Waals surface area contributed by atoms with Crippen molar-refractivity contribution in [3.8, 4) is 11.8 Å². The lowest BCUT2D eigenvalue weighted by molar-refractivity contribution is 0.252. The number of rotatable bonds is 12. The molecular formula is C35H51N3. The number of aryl methyl sites for hydroxylation is 3. The molecule has 2 aromatic carbocycles. The van der Waals surface area contributed by atoms with Crippen LogP contribution < -0.4 is 9.80 Å².